The predicted molar refractivity (Wildman–Crippen MR) is 89.9 cm³/mol. The highest BCUT2D eigenvalue weighted by Gasteiger charge is 2.27. The van der Waals surface area contributed by atoms with Crippen molar-refractivity contribution in [2.45, 2.75) is 25.3 Å². The zero-order valence-corrected chi connectivity index (χ0v) is 13.3. The van der Waals surface area contributed by atoms with Gasteiger partial charge >= 0.3 is 0 Å². The average molecular weight is 324 g/mol. The molecule has 3 heterocycles. The maximum Gasteiger partial charge on any atom is 0.254 e. The van der Waals surface area contributed by atoms with Crippen molar-refractivity contribution >= 4 is 23.0 Å². The lowest BCUT2D eigenvalue weighted by Crippen LogP contribution is -2.27. The Morgan fingerprint density at radius 1 is 1.30 bits per heavy atom. The van der Waals surface area contributed by atoms with Crippen molar-refractivity contribution in [1.82, 2.24) is 9.88 Å². The molecule has 4 rings (SSSR count). The minimum atomic E-state index is -0.0864. The molecule has 2 aromatic rings. The summed E-state index contributed by atoms with van der Waals surface area (Å²) in [5.74, 6) is 0.140. The molecular weight excluding hydrogens is 308 g/mol. The maximum absolute atomic E-state index is 12.4. The molecule has 2 aromatic heterocycles. The number of ketones is 1. The van der Waals surface area contributed by atoms with E-state index < -0.39 is 0 Å². The first kappa shape index (κ1) is 14.2. The first-order chi connectivity index (χ1) is 11.2. The monoisotopic (exact) mass is 324 g/mol. The Morgan fingerprint density at radius 2 is 2.22 bits per heavy atom. The third-order valence-electron chi connectivity index (χ3n) is 4.35. The van der Waals surface area contributed by atoms with E-state index >= 15 is 0 Å². The van der Waals surface area contributed by atoms with Gasteiger partial charge in [0.05, 0.1) is 11.6 Å². The van der Waals surface area contributed by atoms with Gasteiger partial charge in [-0.3, -0.25) is 9.59 Å². The molecule has 0 aromatic carbocycles. The van der Waals surface area contributed by atoms with Crippen LogP contribution >= 0.6 is 11.3 Å². The van der Waals surface area contributed by atoms with E-state index in [-0.39, 0.29) is 17.7 Å². The summed E-state index contributed by atoms with van der Waals surface area (Å²) < 4.78 is 2.08. The lowest BCUT2D eigenvalue weighted by molar-refractivity contribution is -0.115. The van der Waals surface area contributed by atoms with Gasteiger partial charge in [0.2, 0.25) is 0 Å². The smallest absolute Gasteiger partial charge is 0.254 e. The first-order valence-corrected chi connectivity index (χ1v) is 8.57. The zero-order chi connectivity index (χ0) is 15.8. The van der Waals surface area contributed by atoms with Crippen LogP contribution in [0, 0.1) is 0 Å². The Labute approximate surface area is 138 Å². The van der Waals surface area contributed by atoms with E-state index in [0.717, 1.165) is 22.7 Å². The molecule has 0 fully saturated rings. The van der Waals surface area contributed by atoms with E-state index in [9.17, 15) is 9.59 Å². The topological polar surface area (TPSA) is 51.1 Å². The number of aromatic nitrogens is 1. The van der Waals surface area contributed by atoms with Gasteiger partial charge in [0, 0.05) is 18.3 Å². The van der Waals surface area contributed by atoms with E-state index in [1.165, 1.54) is 0 Å². The van der Waals surface area contributed by atoms with Crippen molar-refractivity contribution in [2.24, 2.45) is 0 Å². The van der Waals surface area contributed by atoms with Crippen LogP contribution in [0.15, 0.2) is 53.6 Å². The number of nitrogens with one attached hydrogen (secondary N) is 1. The normalized spacial score (nSPS) is 19.7. The molecule has 4 nitrogen and oxygen atoms in total. The fourth-order valence-corrected chi connectivity index (χ4v) is 4.06. The lowest BCUT2D eigenvalue weighted by atomic mass is 9.96. The molecule has 0 radical (unpaired) electrons. The minimum Gasteiger partial charge on any atom is -0.344 e. The molecule has 1 N–H and O–H groups in total. The molecule has 0 saturated heterocycles. The van der Waals surface area contributed by atoms with E-state index in [4.69, 9.17) is 0 Å². The second-order valence-electron chi connectivity index (χ2n) is 5.75. The van der Waals surface area contributed by atoms with Gasteiger partial charge in [-0.1, -0.05) is 18.2 Å². The zero-order valence-electron chi connectivity index (χ0n) is 12.5. The van der Waals surface area contributed by atoms with Gasteiger partial charge in [-0.15, -0.1) is 11.3 Å². The molecule has 1 atom stereocenters. The second kappa shape index (κ2) is 5.66. The molecule has 1 aliphatic heterocycles. The van der Waals surface area contributed by atoms with Crippen LogP contribution in [-0.4, -0.2) is 16.3 Å². The molecule has 116 valence electrons. The highest BCUT2D eigenvalue weighted by atomic mass is 32.1. The number of carbonyl (C=O) groups is 2. The molecule has 1 unspecified atom stereocenters. The molecule has 0 bridgehead atoms. The van der Waals surface area contributed by atoms with E-state index in [2.05, 4.69) is 9.88 Å². The van der Waals surface area contributed by atoms with Crippen LogP contribution in [0.4, 0.5) is 0 Å². The fourth-order valence-electron chi connectivity index (χ4n) is 3.16. The third kappa shape index (κ3) is 2.47. The molecule has 0 spiro atoms. The van der Waals surface area contributed by atoms with Crippen molar-refractivity contribution in [3.8, 4) is 5.00 Å². The number of fused-ring (bicyclic) bond motifs is 3. The van der Waals surface area contributed by atoms with E-state index in [1.807, 2.05) is 48.0 Å². The Bertz CT molecular complexity index is 841. The molecule has 1 amide bonds. The Balaban J connectivity index is 1.62. The van der Waals surface area contributed by atoms with Gasteiger partial charge in [-0.2, -0.15) is 0 Å². The van der Waals surface area contributed by atoms with Crippen molar-refractivity contribution in [1.29, 1.82) is 0 Å². The van der Waals surface area contributed by atoms with Crippen LogP contribution in [0.2, 0.25) is 0 Å². The van der Waals surface area contributed by atoms with Crippen molar-refractivity contribution in [3.05, 3.63) is 64.8 Å². The quantitative estimate of drug-likeness (QED) is 0.938. The number of hydrogen-bond donors (Lipinski definition) is 1. The summed E-state index contributed by atoms with van der Waals surface area (Å²) in [6.07, 6.45) is 9.57. The number of nitrogens with zero attached hydrogens (tertiary/aromatic N) is 1. The highest BCUT2D eigenvalue weighted by molar-refractivity contribution is 7.13. The van der Waals surface area contributed by atoms with Crippen molar-refractivity contribution < 1.29 is 9.59 Å². The Hall–Kier alpha value is -2.40. The van der Waals surface area contributed by atoms with Crippen LogP contribution < -0.4 is 5.32 Å². The van der Waals surface area contributed by atoms with Crippen molar-refractivity contribution in [3.63, 3.8) is 0 Å². The standard InChI is InChI=1S/C18H16N2O2S/c21-16-6-2-1-4-12(16)7-8-14-15-5-3-10-20(15)18-13(9-11-23-18)17(22)19-14/h1-5,9-11,14H,6-8H2,(H,19,22). The van der Waals surface area contributed by atoms with Gasteiger partial charge in [-0.25, -0.2) is 0 Å². The van der Waals surface area contributed by atoms with Crippen LogP contribution in [0.25, 0.3) is 5.00 Å². The Kier molecular flexibility index (Phi) is 3.50. The molecule has 5 heteroatoms. The number of allylic oxidation sites excluding steroid dienone is 4. The van der Waals surface area contributed by atoms with Gasteiger partial charge < -0.3 is 9.88 Å². The largest absolute Gasteiger partial charge is 0.344 e. The number of hydrogen-bond acceptors (Lipinski definition) is 3. The maximum atomic E-state index is 12.4. The van der Waals surface area contributed by atoms with Crippen LogP contribution in [-0.2, 0) is 4.79 Å². The predicted octanol–water partition coefficient (Wildman–Crippen LogP) is 3.56. The SMILES string of the molecule is O=C1CC=CC=C1CCC1NC(=O)c2ccsc2-n2cccc21. The molecule has 0 saturated carbocycles. The number of amides is 1. The van der Waals surface area contributed by atoms with Gasteiger partial charge in [-0.05, 0) is 42.0 Å². The summed E-state index contributed by atoms with van der Waals surface area (Å²) in [5, 5.41) is 6.00. The number of thiophene rings is 1. The summed E-state index contributed by atoms with van der Waals surface area (Å²) in [6.45, 7) is 0. The average Bonchev–Trinajstić information content (AvgIpc) is 3.19. The van der Waals surface area contributed by atoms with Gasteiger partial charge in [0.15, 0.2) is 5.78 Å². The van der Waals surface area contributed by atoms with Crippen molar-refractivity contribution in [2.75, 3.05) is 0 Å². The van der Waals surface area contributed by atoms with Crippen LogP contribution in [0.5, 0.6) is 0 Å². The van der Waals surface area contributed by atoms with E-state index in [1.54, 1.807) is 11.3 Å². The summed E-state index contributed by atoms with van der Waals surface area (Å²) in [6, 6.07) is 5.81. The second-order valence-corrected chi connectivity index (χ2v) is 6.65. The number of carbonyl (C=O) groups excluding carboxylic acids is 2. The van der Waals surface area contributed by atoms with E-state index in [0.29, 0.717) is 18.4 Å². The van der Waals surface area contributed by atoms with Gasteiger partial charge in [0.25, 0.3) is 5.91 Å². The summed E-state index contributed by atoms with van der Waals surface area (Å²) in [4.78, 5) is 24.4. The molecular formula is C18H16N2O2S. The molecule has 2 aliphatic rings. The fraction of sp³-hybridized carbons (Fsp3) is 0.222. The minimum absolute atomic E-state index is 0.0428. The molecule has 23 heavy (non-hydrogen) atoms. The third-order valence-corrected chi connectivity index (χ3v) is 5.26. The lowest BCUT2D eigenvalue weighted by Gasteiger charge is -2.18. The molecule has 1 aliphatic carbocycles. The summed E-state index contributed by atoms with van der Waals surface area (Å²) >= 11 is 1.57. The van der Waals surface area contributed by atoms with Crippen LogP contribution in [0.1, 0.15) is 41.4 Å². The van der Waals surface area contributed by atoms with Crippen LogP contribution in [0.3, 0.4) is 0 Å². The Morgan fingerprint density at radius 3 is 3.09 bits per heavy atom. The number of Topliss-reactive ketones (excluding diaryl/α,β-unsaturated/α-hetero) is 1. The first-order valence-electron chi connectivity index (χ1n) is 7.69. The van der Waals surface area contributed by atoms with Gasteiger partial charge in [0.1, 0.15) is 5.00 Å². The summed E-state index contributed by atoms with van der Waals surface area (Å²) in [5.41, 5.74) is 2.63. The summed E-state index contributed by atoms with van der Waals surface area (Å²) in [7, 11) is 0. The number of rotatable bonds is 3. The highest BCUT2D eigenvalue weighted by Crippen LogP contribution is 2.32.